The fourth-order valence-corrected chi connectivity index (χ4v) is 2.60. The second-order valence-corrected chi connectivity index (χ2v) is 4.58. The minimum atomic E-state index is -1.26. The van der Waals surface area contributed by atoms with Crippen LogP contribution < -0.4 is 5.32 Å². The minimum absolute atomic E-state index is 0.0888. The van der Waals surface area contributed by atoms with Gasteiger partial charge in [-0.25, -0.2) is 8.78 Å². The molecule has 2 atom stereocenters. The lowest BCUT2D eigenvalue weighted by molar-refractivity contribution is -0.0509. The topological polar surface area (TPSA) is 32.3 Å². The van der Waals surface area contributed by atoms with Crippen molar-refractivity contribution in [3.05, 3.63) is 35.4 Å². The lowest BCUT2D eigenvalue weighted by Crippen LogP contribution is -2.48. The Bertz CT molecular complexity index is 410. The lowest BCUT2D eigenvalue weighted by atomic mass is 9.75. The standard InChI is InChI=1S/C13H17F2NO/c1-2-9-8-16-7-6-13(9,17)10-4-3-5-11(14)12(10)15/h3-5,9,16-17H,2,6-8H2,1H3. The van der Waals surface area contributed by atoms with E-state index < -0.39 is 17.2 Å². The van der Waals surface area contributed by atoms with Crippen molar-refractivity contribution in [2.24, 2.45) is 5.92 Å². The Balaban J connectivity index is 2.45. The van der Waals surface area contributed by atoms with Crippen LogP contribution in [0.25, 0.3) is 0 Å². The number of rotatable bonds is 2. The largest absolute Gasteiger partial charge is 0.385 e. The molecule has 0 amide bonds. The van der Waals surface area contributed by atoms with Crippen LogP contribution in [0.1, 0.15) is 25.3 Å². The summed E-state index contributed by atoms with van der Waals surface area (Å²) in [4.78, 5) is 0. The van der Waals surface area contributed by atoms with Crippen molar-refractivity contribution < 1.29 is 13.9 Å². The first-order valence-electron chi connectivity index (χ1n) is 5.97. The van der Waals surface area contributed by atoms with E-state index in [9.17, 15) is 13.9 Å². The van der Waals surface area contributed by atoms with Crippen LogP contribution in [0.2, 0.25) is 0 Å². The van der Waals surface area contributed by atoms with Gasteiger partial charge in [0.25, 0.3) is 0 Å². The zero-order valence-electron chi connectivity index (χ0n) is 9.84. The summed E-state index contributed by atoms with van der Waals surface area (Å²) in [6.45, 7) is 3.19. The molecule has 2 nitrogen and oxygen atoms in total. The Labute approximate surface area is 99.7 Å². The number of hydrogen-bond acceptors (Lipinski definition) is 2. The van der Waals surface area contributed by atoms with E-state index in [1.165, 1.54) is 12.1 Å². The van der Waals surface area contributed by atoms with Gasteiger partial charge in [-0.05, 0) is 25.5 Å². The van der Waals surface area contributed by atoms with E-state index >= 15 is 0 Å². The minimum Gasteiger partial charge on any atom is -0.385 e. The van der Waals surface area contributed by atoms with Crippen LogP contribution in [0, 0.1) is 17.6 Å². The molecule has 2 N–H and O–H groups in total. The van der Waals surface area contributed by atoms with Crippen LogP contribution in [0.15, 0.2) is 18.2 Å². The van der Waals surface area contributed by atoms with Crippen LogP contribution in [0.3, 0.4) is 0 Å². The summed E-state index contributed by atoms with van der Waals surface area (Å²) >= 11 is 0. The van der Waals surface area contributed by atoms with E-state index in [4.69, 9.17) is 0 Å². The third-order valence-corrected chi connectivity index (χ3v) is 3.66. The average Bonchev–Trinajstić information content (AvgIpc) is 2.33. The normalized spacial score (nSPS) is 29.3. The van der Waals surface area contributed by atoms with Crippen molar-refractivity contribution in [3.8, 4) is 0 Å². The highest BCUT2D eigenvalue weighted by Gasteiger charge is 2.41. The molecule has 0 bridgehead atoms. The zero-order valence-corrected chi connectivity index (χ0v) is 9.84. The lowest BCUT2D eigenvalue weighted by Gasteiger charge is -2.40. The number of halogens is 2. The molecule has 0 aliphatic carbocycles. The molecule has 0 radical (unpaired) electrons. The van der Waals surface area contributed by atoms with Crippen molar-refractivity contribution in [1.29, 1.82) is 0 Å². The molecule has 1 heterocycles. The molecule has 0 spiro atoms. The van der Waals surface area contributed by atoms with Crippen LogP contribution in [-0.4, -0.2) is 18.2 Å². The first kappa shape index (κ1) is 12.5. The van der Waals surface area contributed by atoms with Gasteiger partial charge in [-0.3, -0.25) is 0 Å². The van der Waals surface area contributed by atoms with Gasteiger partial charge >= 0.3 is 0 Å². The Hall–Kier alpha value is -1.00. The van der Waals surface area contributed by atoms with E-state index in [-0.39, 0.29) is 11.5 Å². The molecule has 1 saturated heterocycles. The summed E-state index contributed by atoms with van der Waals surface area (Å²) in [5.74, 6) is -1.91. The van der Waals surface area contributed by atoms with Crippen molar-refractivity contribution in [1.82, 2.24) is 5.32 Å². The molecule has 1 aliphatic heterocycles. The maximum Gasteiger partial charge on any atom is 0.164 e. The van der Waals surface area contributed by atoms with E-state index in [2.05, 4.69) is 5.32 Å². The molecule has 1 aliphatic rings. The van der Waals surface area contributed by atoms with Gasteiger partial charge in [0.2, 0.25) is 0 Å². The first-order chi connectivity index (χ1) is 8.09. The highest BCUT2D eigenvalue weighted by atomic mass is 19.2. The second kappa shape index (κ2) is 4.70. The van der Waals surface area contributed by atoms with Crippen molar-refractivity contribution in [2.75, 3.05) is 13.1 Å². The molecule has 0 aromatic heterocycles. The molecule has 4 heteroatoms. The van der Waals surface area contributed by atoms with Crippen LogP contribution in [-0.2, 0) is 5.60 Å². The number of piperidine rings is 1. The third kappa shape index (κ3) is 2.07. The van der Waals surface area contributed by atoms with Gasteiger partial charge in [0.15, 0.2) is 11.6 Å². The van der Waals surface area contributed by atoms with E-state index in [1.807, 2.05) is 6.92 Å². The molecule has 1 fully saturated rings. The predicted octanol–water partition coefficient (Wildman–Crippen LogP) is 2.17. The smallest absolute Gasteiger partial charge is 0.164 e. The quantitative estimate of drug-likeness (QED) is 0.831. The predicted molar refractivity (Wildman–Crippen MR) is 61.5 cm³/mol. The van der Waals surface area contributed by atoms with Gasteiger partial charge in [0.1, 0.15) is 0 Å². The molecule has 1 aromatic carbocycles. The van der Waals surface area contributed by atoms with Crippen molar-refractivity contribution in [3.63, 3.8) is 0 Å². The van der Waals surface area contributed by atoms with Gasteiger partial charge in [0, 0.05) is 18.0 Å². The van der Waals surface area contributed by atoms with Crippen molar-refractivity contribution >= 4 is 0 Å². The van der Waals surface area contributed by atoms with Gasteiger partial charge in [-0.2, -0.15) is 0 Å². The summed E-state index contributed by atoms with van der Waals surface area (Å²) in [5.41, 5.74) is -1.17. The maximum atomic E-state index is 13.8. The molecule has 1 aromatic rings. The SMILES string of the molecule is CCC1CNCCC1(O)c1cccc(F)c1F. The second-order valence-electron chi connectivity index (χ2n) is 4.58. The molecule has 2 rings (SSSR count). The number of aliphatic hydroxyl groups is 1. The Morgan fingerprint density at radius 2 is 2.24 bits per heavy atom. The monoisotopic (exact) mass is 241 g/mol. The molecular formula is C13H17F2NO. The molecule has 0 saturated carbocycles. The Kier molecular flexibility index (Phi) is 3.45. The molecule has 94 valence electrons. The molecule has 17 heavy (non-hydrogen) atoms. The number of nitrogens with one attached hydrogen (secondary N) is 1. The first-order valence-corrected chi connectivity index (χ1v) is 5.97. The molecular weight excluding hydrogens is 224 g/mol. The summed E-state index contributed by atoms with van der Waals surface area (Å²) in [7, 11) is 0. The fourth-order valence-electron chi connectivity index (χ4n) is 2.60. The summed E-state index contributed by atoms with van der Waals surface area (Å²) < 4.78 is 27.0. The van der Waals surface area contributed by atoms with Crippen molar-refractivity contribution in [2.45, 2.75) is 25.4 Å². The van der Waals surface area contributed by atoms with Gasteiger partial charge in [-0.15, -0.1) is 0 Å². The van der Waals surface area contributed by atoms with E-state index in [0.29, 0.717) is 19.5 Å². The van der Waals surface area contributed by atoms with Crippen LogP contribution in [0.4, 0.5) is 8.78 Å². The number of benzene rings is 1. The average molecular weight is 241 g/mol. The summed E-state index contributed by atoms with van der Waals surface area (Å²) in [5, 5.41) is 13.8. The number of hydrogen-bond donors (Lipinski definition) is 2. The van der Waals surface area contributed by atoms with E-state index in [0.717, 1.165) is 12.5 Å². The zero-order chi connectivity index (χ0) is 12.5. The van der Waals surface area contributed by atoms with E-state index in [1.54, 1.807) is 0 Å². The summed E-state index contributed by atoms with van der Waals surface area (Å²) in [6, 6.07) is 4.00. The molecule has 2 unspecified atom stereocenters. The summed E-state index contributed by atoms with van der Waals surface area (Å²) in [6.07, 6.45) is 1.13. The third-order valence-electron chi connectivity index (χ3n) is 3.66. The Morgan fingerprint density at radius 1 is 1.47 bits per heavy atom. The van der Waals surface area contributed by atoms with Gasteiger partial charge in [-0.1, -0.05) is 19.1 Å². The van der Waals surface area contributed by atoms with Gasteiger partial charge in [0.05, 0.1) is 5.60 Å². The van der Waals surface area contributed by atoms with Crippen LogP contribution >= 0.6 is 0 Å². The maximum absolute atomic E-state index is 13.8. The fraction of sp³-hybridized carbons (Fsp3) is 0.538. The van der Waals surface area contributed by atoms with Crippen LogP contribution in [0.5, 0.6) is 0 Å². The van der Waals surface area contributed by atoms with Gasteiger partial charge < -0.3 is 10.4 Å². The highest BCUT2D eigenvalue weighted by molar-refractivity contribution is 5.27. The highest BCUT2D eigenvalue weighted by Crippen LogP contribution is 2.38. The Morgan fingerprint density at radius 3 is 2.94 bits per heavy atom.